The normalized spacial score (nSPS) is 15.7. The molecule has 1 saturated heterocycles. The zero-order valence-corrected chi connectivity index (χ0v) is 17.5. The number of carbonyl (C=O) groups is 1. The Morgan fingerprint density at radius 2 is 1.89 bits per heavy atom. The van der Waals surface area contributed by atoms with Crippen LogP contribution in [0, 0.1) is 13.8 Å². The minimum Gasteiger partial charge on any atom is -0.495 e. The van der Waals surface area contributed by atoms with E-state index < -0.39 is 10.0 Å². The monoisotopic (exact) mass is 402 g/mol. The third-order valence-corrected chi connectivity index (χ3v) is 6.60. The molecule has 0 spiro atoms. The van der Waals surface area contributed by atoms with E-state index in [2.05, 4.69) is 4.72 Å². The van der Waals surface area contributed by atoms with E-state index in [-0.39, 0.29) is 16.8 Å². The maximum atomic E-state index is 13.0. The summed E-state index contributed by atoms with van der Waals surface area (Å²) in [6.45, 7) is 6.33. The maximum Gasteiger partial charge on any atom is 0.241 e. The molecule has 1 amide bonds. The molecule has 0 saturated carbocycles. The molecule has 1 fully saturated rings. The number of hydrogen-bond donors (Lipinski definition) is 1. The Labute approximate surface area is 166 Å². The summed E-state index contributed by atoms with van der Waals surface area (Å²) >= 11 is 0. The van der Waals surface area contributed by atoms with Crippen LogP contribution in [-0.2, 0) is 14.8 Å². The van der Waals surface area contributed by atoms with Crippen molar-refractivity contribution < 1.29 is 17.9 Å². The Kier molecular flexibility index (Phi) is 5.76. The average molecular weight is 403 g/mol. The van der Waals surface area contributed by atoms with Crippen LogP contribution in [0.15, 0.2) is 41.3 Å². The molecule has 1 heterocycles. The van der Waals surface area contributed by atoms with Gasteiger partial charge in [0.05, 0.1) is 17.7 Å². The first-order valence-corrected chi connectivity index (χ1v) is 10.8. The smallest absolute Gasteiger partial charge is 0.241 e. The van der Waals surface area contributed by atoms with E-state index in [0.29, 0.717) is 24.4 Å². The number of aryl methyl sites for hydroxylation is 2. The van der Waals surface area contributed by atoms with E-state index in [1.807, 2.05) is 39.0 Å². The average Bonchev–Trinajstić information content (AvgIpc) is 3.08. The third kappa shape index (κ3) is 4.05. The van der Waals surface area contributed by atoms with Crippen molar-refractivity contribution in [2.45, 2.75) is 44.6 Å². The van der Waals surface area contributed by atoms with E-state index in [0.717, 1.165) is 23.1 Å². The van der Waals surface area contributed by atoms with Gasteiger partial charge in [0.2, 0.25) is 15.9 Å². The Morgan fingerprint density at radius 3 is 2.54 bits per heavy atom. The first-order valence-electron chi connectivity index (χ1n) is 9.31. The van der Waals surface area contributed by atoms with Gasteiger partial charge in [-0.1, -0.05) is 23.8 Å². The first-order chi connectivity index (χ1) is 13.2. The van der Waals surface area contributed by atoms with Gasteiger partial charge in [0.15, 0.2) is 0 Å². The number of rotatable bonds is 6. The molecule has 7 heteroatoms. The topological polar surface area (TPSA) is 75.7 Å². The lowest BCUT2D eigenvalue weighted by molar-refractivity contribution is -0.117. The van der Waals surface area contributed by atoms with E-state index in [1.165, 1.54) is 19.2 Å². The molecule has 1 N–H and O–H groups in total. The van der Waals surface area contributed by atoms with Crippen LogP contribution in [0.1, 0.15) is 42.5 Å². The molecule has 1 aliphatic heterocycles. The molecule has 3 rings (SSSR count). The molecule has 2 aromatic carbocycles. The molecule has 2 aromatic rings. The summed E-state index contributed by atoms with van der Waals surface area (Å²) in [5, 5.41) is 0. The van der Waals surface area contributed by atoms with Gasteiger partial charge in [-0.05, 0) is 56.5 Å². The number of benzene rings is 2. The number of nitrogens with one attached hydrogen (secondary N) is 1. The molecule has 0 unspecified atom stereocenters. The standard InChI is InChI=1S/C21H26N2O4S/c1-14-7-8-15(2)18(12-14)16(3)22-28(25,26)17-9-10-20(27-4)19(13-17)23-11-5-6-21(23)24/h7-10,12-13,16,22H,5-6,11H2,1-4H3/t16-/m0/s1. The molecular weight excluding hydrogens is 376 g/mol. The molecule has 28 heavy (non-hydrogen) atoms. The Bertz CT molecular complexity index is 1000. The van der Waals surface area contributed by atoms with Crippen LogP contribution in [-0.4, -0.2) is 28.0 Å². The predicted octanol–water partition coefficient (Wildman–Crippen LogP) is 3.48. The summed E-state index contributed by atoms with van der Waals surface area (Å²) in [6.07, 6.45) is 1.21. The van der Waals surface area contributed by atoms with Crippen molar-refractivity contribution in [3.8, 4) is 5.75 Å². The Hall–Kier alpha value is -2.38. The zero-order valence-electron chi connectivity index (χ0n) is 16.7. The van der Waals surface area contributed by atoms with Crippen molar-refractivity contribution >= 4 is 21.6 Å². The number of nitrogens with zero attached hydrogens (tertiary/aromatic N) is 1. The fourth-order valence-electron chi connectivity index (χ4n) is 3.54. The van der Waals surface area contributed by atoms with Gasteiger partial charge in [-0.3, -0.25) is 4.79 Å². The largest absolute Gasteiger partial charge is 0.495 e. The molecule has 1 atom stereocenters. The Balaban J connectivity index is 1.93. The van der Waals surface area contributed by atoms with Crippen molar-refractivity contribution in [2.75, 3.05) is 18.6 Å². The van der Waals surface area contributed by atoms with Crippen LogP contribution in [0.3, 0.4) is 0 Å². The summed E-state index contributed by atoms with van der Waals surface area (Å²) in [7, 11) is -2.27. The molecule has 0 aliphatic carbocycles. The molecule has 150 valence electrons. The van der Waals surface area contributed by atoms with Crippen LogP contribution in [0.5, 0.6) is 5.75 Å². The van der Waals surface area contributed by atoms with Crippen molar-refractivity contribution in [3.05, 3.63) is 53.1 Å². The lowest BCUT2D eigenvalue weighted by Gasteiger charge is -2.21. The second kappa shape index (κ2) is 7.93. The van der Waals surface area contributed by atoms with Crippen molar-refractivity contribution in [1.29, 1.82) is 0 Å². The predicted molar refractivity (Wildman–Crippen MR) is 109 cm³/mol. The van der Waals surface area contributed by atoms with Gasteiger partial charge in [0.1, 0.15) is 5.75 Å². The number of hydrogen-bond acceptors (Lipinski definition) is 4. The van der Waals surface area contributed by atoms with Gasteiger partial charge in [0, 0.05) is 19.0 Å². The minimum absolute atomic E-state index is 0.0236. The number of methoxy groups -OCH3 is 1. The van der Waals surface area contributed by atoms with Gasteiger partial charge >= 0.3 is 0 Å². The maximum absolute atomic E-state index is 13.0. The highest BCUT2D eigenvalue weighted by molar-refractivity contribution is 7.89. The Morgan fingerprint density at radius 1 is 1.14 bits per heavy atom. The summed E-state index contributed by atoms with van der Waals surface area (Å²) < 4.78 is 34.1. The highest BCUT2D eigenvalue weighted by Crippen LogP contribution is 2.34. The summed E-state index contributed by atoms with van der Waals surface area (Å²) in [5.74, 6) is 0.460. The van der Waals surface area contributed by atoms with Crippen LogP contribution < -0.4 is 14.4 Å². The fraction of sp³-hybridized carbons (Fsp3) is 0.381. The second-order valence-electron chi connectivity index (χ2n) is 7.19. The fourth-order valence-corrected chi connectivity index (χ4v) is 4.78. The molecular formula is C21H26N2O4S. The minimum atomic E-state index is -3.78. The number of carbonyl (C=O) groups excluding carboxylic acids is 1. The van der Waals surface area contributed by atoms with Gasteiger partial charge < -0.3 is 9.64 Å². The summed E-state index contributed by atoms with van der Waals surface area (Å²) in [5.41, 5.74) is 3.53. The van der Waals surface area contributed by atoms with Crippen molar-refractivity contribution in [2.24, 2.45) is 0 Å². The van der Waals surface area contributed by atoms with Crippen LogP contribution in [0.4, 0.5) is 5.69 Å². The molecule has 1 aliphatic rings. The number of anilines is 1. The van der Waals surface area contributed by atoms with E-state index in [9.17, 15) is 13.2 Å². The number of ether oxygens (including phenoxy) is 1. The van der Waals surface area contributed by atoms with Gasteiger partial charge in [-0.2, -0.15) is 0 Å². The number of amides is 1. The van der Waals surface area contributed by atoms with Gasteiger partial charge in [0.25, 0.3) is 0 Å². The van der Waals surface area contributed by atoms with Crippen molar-refractivity contribution in [1.82, 2.24) is 4.72 Å². The highest BCUT2D eigenvalue weighted by atomic mass is 32.2. The SMILES string of the molecule is COc1ccc(S(=O)(=O)N[C@@H](C)c2cc(C)ccc2C)cc1N1CCCC1=O. The van der Waals surface area contributed by atoms with Crippen molar-refractivity contribution in [3.63, 3.8) is 0 Å². The van der Waals surface area contributed by atoms with Crippen LogP contribution in [0.2, 0.25) is 0 Å². The van der Waals surface area contributed by atoms with Crippen LogP contribution >= 0.6 is 0 Å². The second-order valence-corrected chi connectivity index (χ2v) is 8.90. The molecule has 0 aromatic heterocycles. The van der Waals surface area contributed by atoms with E-state index in [4.69, 9.17) is 4.74 Å². The van der Waals surface area contributed by atoms with E-state index >= 15 is 0 Å². The number of sulfonamides is 1. The zero-order chi connectivity index (χ0) is 20.5. The highest BCUT2D eigenvalue weighted by Gasteiger charge is 2.27. The lowest BCUT2D eigenvalue weighted by atomic mass is 10.0. The summed E-state index contributed by atoms with van der Waals surface area (Å²) in [4.78, 5) is 13.8. The van der Waals surface area contributed by atoms with Gasteiger partial charge in [-0.15, -0.1) is 0 Å². The summed E-state index contributed by atoms with van der Waals surface area (Å²) in [6, 6.07) is 10.2. The quantitative estimate of drug-likeness (QED) is 0.803. The molecule has 6 nitrogen and oxygen atoms in total. The first kappa shape index (κ1) is 20.4. The molecule has 0 bridgehead atoms. The molecule has 0 radical (unpaired) electrons. The van der Waals surface area contributed by atoms with E-state index in [1.54, 1.807) is 11.0 Å². The van der Waals surface area contributed by atoms with Gasteiger partial charge in [-0.25, -0.2) is 13.1 Å². The third-order valence-electron chi connectivity index (χ3n) is 5.06. The van der Waals surface area contributed by atoms with Crippen LogP contribution in [0.25, 0.3) is 0 Å². The lowest BCUT2D eigenvalue weighted by Crippen LogP contribution is -2.28.